The highest BCUT2D eigenvalue weighted by Gasteiger charge is 2.66. The van der Waals surface area contributed by atoms with E-state index in [1.165, 1.54) is 22.7 Å². The van der Waals surface area contributed by atoms with Crippen molar-refractivity contribution in [3.8, 4) is 0 Å². The minimum Gasteiger partial charge on any atom is -0.479 e. The lowest BCUT2D eigenvalue weighted by Gasteiger charge is -2.41. The third-order valence-corrected chi connectivity index (χ3v) is 10.5. The van der Waals surface area contributed by atoms with Crippen molar-refractivity contribution in [1.82, 2.24) is 4.90 Å². The summed E-state index contributed by atoms with van der Waals surface area (Å²) >= 11 is 2.99. The van der Waals surface area contributed by atoms with Gasteiger partial charge in [0.1, 0.15) is 5.54 Å². The number of benzene rings is 1. The highest BCUT2D eigenvalue weighted by atomic mass is 32.1. The summed E-state index contributed by atoms with van der Waals surface area (Å²) in [7, 11) is 0. The standard InChI is InChI=1S/C29H31NO4S2/c1-16-8-5-6-11-20(16)24(31)21-22(25-17(2)12-14-35-25)29(4,28(33)34)30(27(32)19-9-7-10-19)23(21)26-18(3)13-15-36-26/h5-6,8,11-15,19,21-23H,7,9-10H2,1-4H3,(H,33,34). The van der Waals surface area contributed by atoms with E-state index < -0.39 is 29.4 Å². The van der Waals surface area contributed by atoms with Gasteiger partial charge in [0.2, 0.25) is 5.91 Å². The second-order valence-electron chi connectivity index (χ2n) is 10.4. The number of hydrogen-bond donors (Lipinski definition) is 1. The van der Waals surface area contributed by atoms with E-state index in [1.807, 2.05) is 67.9 Å². The smallest absolute Gasteiger partial charge is 0.330 e. The molecular formula is C29H31NO4S2. The summed E-state index contributed by atoms with van der Waals surface area (Å²) in [4.78, 5) is 45.3. The molecule has 1 aliphatic carbocycles. The first kappa shape index (κ1) is 24.9. The van der Waals surface area contributed by atoms with Crippen LogP contribution in [0.4, 0.5) is 0 Å². The number of amides is 1. The molecule has 3 aromatic rings. The molecule has 1 aromatic carbocycles. The maximum atomic E-state index is 14.5. The number of Topliss-reactive ketones (excluding diaryl/α,β-unsaturated/α-hetero) is 1. The molecule has 36 heavy (non-hydrogen) atoms. The summed E-state index contributed by atoms with van der Waals surface area (Å²) in [6, 6.07) is 10.8. The number of likely N-dealkylation sites (tertiary alicyclic amines) is 1. The van der Waals surface area contributed by atoms with E-state index in [2.05, 4.69) is 0 Å². The van der Waals surface area contributed by atoms with Crippen molar-refractivity contribution in [2.24, 2.45) is 11.8 Å². The van der Waals surface area contributed by atoms with Gasteiger partial charge >= 0.3 is 5.97 Å². The van der Waals surface area contributed by atoms with Crippen LogP contribution >= 0.6 is 22.7 Å². The minimum atomic E-state index is -1.56. The van der Waals surface area contributed by atoms with E-state index in [0.29, 0.717) is 5.56 Å². The Hall–Kier alpha value is -2.77. The zero-order valence-corrected chi connectivity index (χ0v) is 22.6. The number of rotatable bonds is 6. The highest BCUT2D eigenvalue weighted by molar-refractivity contribution is 7.10. The highest BCUT2D eigenvalue weighted by Crippen LogP contribution is 2.59. The van der Waals surface area contributed by atoms with Gasteiger partial charge in [-0.3, -0.25) is 9.59 Å². The molecule has 7 heteroatoms. The van der Waals surface area contributed by atoms with E-state index in [-0.39, 0.29) is 17.6 Å². The van der Waals surface area contributed by atoms with E-state index in [9.17, 15) is 19.5 Å². The topological polar surface area (TPSA) is 74.7 Å². The summed E-state index contributed by atoms with van der Waals surface area (Å²) in [5.41, 5.74) is 1.82. The van der Waals surface area contributed by atoms with E-state index >= 15 is 0 Å². The monoisotopic (exact) mass is 521 g/mol. The van der Waals surface area contributed by atoms with Gasteiger partial charge in [-0.1, -0.05) is 30.7 Å². The zero-order valence-electron chi connectivity index (χ0n) is 21.0. The Labute approximate surface area is 219 Å². The van der Waals surface area contributed by atoms with E-state index in [0.717, 1.165) is 45.7 Å². The van der Waals surface area contributed by atoms with Crippen LogP contribution in [-0.2, 0) is 9.59 Å². The summed E-state index contributed by atoms with van der Waals surface area (Å²) in [6.07, 6.45) is 2.50. The number of hydrogen-bond acceptors (Lipinski definition) is 5. The third kappa shape index (κ3) is 3.67. The van der Waals surface area contributed by atoms with Crippen LogP contribution in [0.15, 0.2) is 47.2 Å². The summed E-state index contributed by atoms with van der Waals surface area (Å²) in [5.74, 6) is -2.87. The van der Waals surface area contributed by atoms with Crippen molar-refractivity contribution >= 4 is 40.3 Å². The molecule has 5 rings (SSSR count). The fourth-order valence-corrected chi connectivity index (χ4v) is 8.26. The Morgan fingerprint density at radius 3 is 2.03 bits per heavy atom. The molecule has 2 aliphatic rings. The van der Waals surface area contributed by atoms with Crippen LogP contribution in [0.5, 0.6) is 0 Å². The van der Waals surface area contributed by atoms with Gasteiger partial charge in [0.25, 0.3) is 0 Å². The molecule has 2 fully saturated rings. The van der Waals surface area contributed by atoms with E-state index in [4.69, 9.17) is 0 Å². The largest absolute Gasteiger partial charge is 0.479 e. The number of carboxylic acid groups (broad SMARTS) is 1. The second-order valence-corrected chi connectivity index (χ2v) is 12.2. The number of aliphatic carboxylic acids is 1. The van der Waals surface area contributed by atoms with Crippen LogP contribution in [0, 0.1) is 32.6 Å². The number of ketones is 1. The maximum Gasteiger partial charge on any atom is 0.330 e. The number of carbonyl (C=O) groups is 3. The molecule has 1 N–H and O–H groups in total. The lowest BCUT2D eigenvalue weighted by molar-refractivity contribution is -0.161. The average molecular weight is 522 g/mol. The predicted molar refractivity (Wildman–Crippen MR) is 143 cm³/mol. The van der Waals surface area contributed by atoms with Gasteiger partial charge in [-0.25, -0.2) is 4.79 Å². The van der Waals surface area contributed by atoms with Crippen molar-refractivity contribution in [3.05, 3.63) is 79.2 Å². The van der Waals surface area contributed by atoms with Crippen LogP contribution < -0.4 is 0 Å². The van der Waals surface area contributed by atoms with Gasteiger partial charge in [0, 0.05) is 27.2 Å². The molecule has 1 saturated carbocycles. The van der Waals surface area contributed by atoms with Crippen molar-refractivity contribution < 1.29 is 19.5 Å². The summed E-state index contributed by atoms with van der Waals surface area (Å²) in [5, 5.41) is 14.8. The predicted octanol–water partition coefficient (Wildman–Crippen LogP) is 6.54. The fraction of sp³-hybridized carbons (Fsp3) is 0.414. The number of aryl methyl sites for hydroxylation is 3. The Kier molecular flexibility index (Phi) is 6.41. The number of carboxylic acids is 1. The number of thiophene rings is 2. The van der Waals surface area contributed by atoms with Crippen LogP contribution in [0.25, 0.3) is 0 Å². The Balaban J connectivity index is 1.81. The number of carbonyl (C=O) groups excluding carboxylic acids is 2. The van der Waals surface area contributed by atoms with Gasteiger partial charge in [-0.2, -0.15) is 0 Å². The second kappa shape index (κ2) is 9.27. The molecule has 4 atom stereocenters. The first-order valence-corrected chi connectivity index (χ1v) is 14.2. The lowest BCUT2D eigenvalue weighted by atomic mass is 9.73. The van der Waals surface area contributed by atoms with Crippen LogP contribution in [-0.4, -0.2) is 33.2 Å². The number of nitrogens with zero attached hydrogens (tertiary/aromatic N) is 1. The molecule has 188 valence electrons. The van der Waals surface area contributed by atoms with Crippen molar-refractivity contribution in [1.29, 1.82) is 0 Å². The third-order valence-electron chi connectivity index (χ3n) is 8.28. The van der Waals surface area contributed by atoms with Crippen molar-refractivity contribution in [2.75, 3.05) is 0 Å². The van der Waals surface area contributed by atoms with Gasteiger partial charge in [0.05, 0.1) is 12.0 Å². The molecule has 3 heterocycles. The van der Waals surface area contributed by atoms with E-state index in [1.54, 1.807) is 11.8 Å². The van der Waals surface area contributed by atoms with Crippen LogP contribution in [0.1, 0.15) is 74.9 Å². The first-order chi connectivity index (χ1) is 17.2. The van der Waals surface area contributed by atoms with Crippen molar-refractivity contribution in [2.45, 2.75) is 64.5 Å². The van der Waals surface area contributed by atoms with Gasteiger partial charge < -0.3 is 10.0 Å². The van der Waals surface area contributed by atoms with Crippen LogP contribution in [0.3, 0.4) is 0 Å². The molecule has 5 nitrogen and oxygen atoms in total. The summed E-state index contributed by atoms with van der Waals surface area (Å²) < 4.78 is 0. The SMILES string of the molecule is Cc1ccccc1C(=O)C1C(c2sccc2C)N(C(=O)C2CCC2)C(C)(C(=O)O)C1c1sccc1C. The zero-order chi connectivity index (χ0) is 25.8. The molecule has 1 aliphatic heterocycles. The Morgan fingerprint density at radius 2 is 1.53 bits per heavy atom. The van der Waals surface area contributed by atoms with Gasteiger partial charge in [-0.05, 0) is 80.1 Å². The lowest BCUT2D eigenvalue weighted by Crippen LogP contribution is -2.56. The first-order valence-electron chi connectivity index (χ1n) is 12.4. The molecule has 1 amide bonds. The molecule has 0 spiro atoms. The maximum absolute atomic E-state index is 14.5. The van der Waals surface area contributed by atoms with Gasteiger partial charge in [0.15, 0.2) is 5.78 Å². The molecule has 0 radical (unpaired) electrons. The Morgan fingerprint density at radius 1 is 0.917 bits per heavy atom. The molecule has 1 saturated heterocycles. The molecule has 2 aromatic heterocycles. The fourth-order valence-electron chi connectivity index (χ4n) is 6.00. The minimum absolute atomic E-state index is 0.0971. The Bertz CT molecular complexity index is 1340. The summed E-state index contributed by atoms with van der Waals surface area (Å²) in [6.45, 7) is 7.52. The van der Waals surface area contributed by atoms with Crippen LogP contribution in [0.2, 0.25) is 0 Å². The molecule has 4 unspecified atom stereocenters. The average Bonchev–Trinajstić information content (AvgIpc) is 3.48. The molecule has 0 bridgehead atoms. The van der Waals surface area contributed by atoms with Crippen molar-refractivity contribution in [3.63, 3.8) is 0 Å². The quantitative estimate of drug-likeness (QED) is 0.374. The normalized spacial score (nSPS) is 26.1. The van der Waals surface area contributed by atoms with Gasteiger partial charge in [-0.15, -0.1) is 22.7 Å². The molecular weight excluding hydrogens is 490 g/mol.